The maximum atomic E-state index is 6.07. The number of hydrogen-bond donors (Lipinski definition) is 1. The van der Waals surface area contributed by atoms with Crippen molar-refractivity contribution >= 4 is 11.6 Å². The summed E-state index contributed by atoms with van der Waals surface area (Å²) in [6, 6.07) is 0. The van der Waals surface area contributed by atoms with Crippen LogP contribution in [-0.4, -0.2) is 23.1 Å². The Labute approximate surface area is 122 Å². The highest BCUT2D eigenvalue weighted by molar-refractivity contribution is 5.57. The minimum atomic E-state index is 0.455. The first-order valence-electron chi connectivity index (χ1n) is 7.93. The van der Waals surface area contributed by atoms with Gasteiger partial charge in [-0.1, -0.05) is 20.8 Å². The molecule has 112 valence electrons. The highest BCUT2D eigenvalue weighted by Crippen LogP contribution is 2.39. The third kappa shape index (κ3) is 2.74. The second-order valence-electron chi connectivity index (χ2n) is 6.10. The van der Waals surface area contributed by atoms with Crippen molar-refractivity contribution in [3.63, 3.8) is 0 Å². The van der Waals surface area contributed by atoms with Crippen molar-refractivity contribution < 1.29 is 0 Å². The normalized spacial score (nSPS) is 17.7. The molecule has 1 aromatic rings. The van der Waals surface area contributed by atoms with Gasteiger partial charge < -0.3 is 10.6 Å². The van der Waals surface area contributed by atoms with E-state index in [1.165, 1.54) is 19.3 Å². The first-order valence-corrected chi connectivity index (χ1v) is 7.93. The summed E-state index contributed by atoms with van der Waals surface area (Å²) < 4.78 is 0. The molecule has 0 unspecified atom stereocenters. The zero-order valence-corrected chi connectivity index (χ0v) is 13.4. The Morgan fingerprint density at radius 2 is 1.90 bits per heavy atom. The number of nitrogens with two attached hydrogens (primary N) is 1. The van der Waals surface area contributed by atoms with Gasteiger partial charge in [0.15, 0.2) is 0 Å². The Bertz CT molecular complexity index is 466. The molecule has 1 saturated heterocycles. The van der Waals surface area contributed by atoms with Crippen molar-refractivity contribution in [2.24, 2.45) is 5.41 Å². The van der Waals surface area contributed by atoms with Gasteiger partial charge in [0.25, 0.3) is 0 Å². The van der Waals surface area contributed by atoms with Gasteiger partial charge in [-0.2, -0.15) is 0 Å². The molecule has 0 spiro atoms. The smallest absolute Gasteiger partial charge is 0.137 e. The molecule has 0 aliphatic carbocycles. The lowest BCUT2D eigenvalue weighted by Gasteiger charge is -2.27. The fourth-order valence-electron chi connectivity index (χ4n) is 3.15. The van der Waals surface area contributed by atoms with Crippen molar-refractivity contribution in [2.45, 2.75) is 59.8 Å². The molecule has 4 nitrogen and oxygen atoms in total. The lowest BCUT2D eigenvalue weighted by atomic mass is 9.82. The average molecular weight is 276 g/mol. The summed E-state index contributed by atoms with van der Waals surface area (Å²) in [4.78, 5) is 11.6. The summed E-state index contributed by atoms with van der Waals surface area (Å²) in [5.41, 5.74) is 7.56. The van der Waals surface area contributed by atoms with Crippen molar-refractivity contribution in [3.05, 3.63) is 11.4 Å². The average Bonchev–Trinajstić information content (AvgIpc) is 2.88. The largest absolute Gasteiger partial charge is 0.383 e. The maximum absolute atomic E-state index is 6.07. The molecule has 1 fully saturated rings. The van der Waals surface area contributed by atoms with Crippen LogP contribution in [0.3, 0.4) is 0 Å². The second-order valence-corrected chi connectivity index (χ2v) is 6.10. The Hall–Kier alpha value is -1.32. The van der Waals surface area contributed by atoms with Gasteiger partial charge in [-0.05, 0) is 38.0 Å². The van der Waals surface area contributed by atoms with E-state index in [-0.39, 0.29) is 0 Å². The first-order chi connectivity index (χ1) is 9.55. The van der Waals surface area contributed by atoms with Gasteiger partial charge >= 0.3 is 0 Å². The molecular weight excluding hydrogens is 248 g/mol. The number of anilines is 2. The van der Waals surface area contributed by atoms with Crippen LogP contribution in [0.15, 0.2) is 0 Å². The predicted molar refractivity (Wildman–Crippen MR) is 85.0 cm³/mol. The van der Waals surface area contributed by atoms with Crippen LogP contribution < -0.4 is 10.6 Å². The van der Waals surface area contributed by atoms with Gasteiger partial charge in [0, 0.05) is 25.1 Å². The van der Waals surface area contributed by atoms with Gasteiger partial charge in [0.05, 0.1) is 0 Å². The molecule has 2 heterocycles. The molecule has 2 rings (SSSR count). The van der Waals surface area contributed by atoms with Gasteiger partial charge in [-0.3, -0.25) is 0 Å². The SMILES string of the molecule is CCCc1nc(N)c(C)c(N2CCC(CC)(CC)C2)n1. The van der Waals surface area contributed by atoms with Crippen molar-refractivity contribution in [1.82, 2.24) is 9.97 Å². The predicted octanol–water partition coefficient (Wildman–Crippen LogP) is 3.34. The molecule has 0 bridgehead atoms. The Morgan fingerprint density at radius 1 is 1.20 bits per heavy atom. The monoisotopic (exact) mass is 276 g/mol. The van der Waals surface area contributed by atoms with Crippen molar-refractivity contribution in [1.29, 1.82) is 0 Å². The molecule has 0 amide bonds. The van der Waals surface area contributed by atoms with Crippen LogP contribution in [0, 0.1) is 12.3 Å². The number of aromatic nitrogens is 2. The van der Waals surface area contributed by atoms with E-state index in [0.717, 1.165) is 43.1 Å². The number of nitrogens with zero attached hydrogens (tertiary/aromatic N) is 3. The molecule has 2 N–H and O–H groups in total. The number of nitrogen functional groups attached to an aromatic ring is 1. The zero-order valence-electron chi connectivity index (χ0n) is 13.4. The highest BCUT2D eigenvalue weighted by atomic mass is 15.2. The minimum absolute atomic E-state index is 0.455. The number of aryl methyl sites for hydroxylation is 1. The molecule has 20 heavy (non-hydrogen) atoms. The van der Waals surface area contributed by atoms with E-state index in [2.05, 4.69) is 30.7 Å². The van der Waals surface area contributed by atoms with E-state index in [9.17, 15) is 0 Å². The van der Waals surface area contributed by atoms with Crippen LogP contribution in [0.4, 0.5) is 11.6 Å². The van der Waals surface area contributed by atoms with Gasteiger partial charge in [-0.15, -0.1) is 0 Å². The quantitative estimate of drug-likeness (QED) is 0.896. The maximum Gasteiger partial charge on any atom is 0.137 e. The van der Waals surface area contributed by atoms with Gasteiger partial charge in [-0.25, -0.2) is 9.97 Å². The van der Waals surface area contributed by atoms with Gasteiger partial charge in [0.1, 0.15) is 17.5 Å². The third-order valence-corrected chi connectivity index (χ3v) is 4.92. The molecule has 0 atom stereocenters. The first kappa shape index (κ1) is 15.1. The lowest BCUT2D eigenvalue weighted by Crippen LogP contribution is -2.28. The minimum Gasteiger partial charge on any atom is -0.383 e. The van der Waals surface area contributed by atoms with Crippen molar-refractivity contribution in [2.75, 3.05) is 23.7 Å². The lowest BCUT2D eigenvalue weighted by molar-refractivity contribution is 0.301. The van der Waals surface area contributed by atoms with E-state index < -0.39 is 0 Å². The van der Waals surface area contributed by atoms with E-state index in [0.29, 0.717) is 11.2 Å². The summed E-state index contributed by atoms with van der Waals surface area (Å²) in [7, 11) is 0. The molecule has 0 aromatic carbocycles. The topological polar surface area (TPSA) is 55.0 Å². The number of rotatable bonds is 5. The van der Waals surface area contributed by atoms with E-state index in [4.69, 9.17) is 10.7 Å². The van der Waals surface area contributed by atoms with Gasteiger partial charge in [0.2, 0.25) is 0 Å². The summed E-state index contributed by atoms with van der Waals surface area (Å²) in [6.45, 7) is 11.0. The fraction of sp³-hybridized carbons (Fsp3) is 0.750. The van der Waals surface area contributed by atoms with Crippen LogP contribution in [0.5, 0.6) is 0 Å². The Balaban J connectivity index is 2.29. The summed E-state index contributed by atoms with van der Waals surface area (Å²) >= 11 is 0. The molecule has 4 heteroatoms. The van der Waals surface area contributed by atoms with Crippen molar-refractivity contribution in [3.8, 4) is 0 Å². The molecule has 1 aromatic heterocycles. The molecule has 0 radical (unpaired) electrons. The molecule has 1 aliphatic rings. The zero-order chi connectivity index (χ0) is 14.8. The van der Waals surface area contributed by atoms with E-state index in [1.54, 1.807) is 0 Å². The Kier molecular flexibility index (Phi) is 4.51. The Morgan fingerprint density at radius 3 is 2.45 bits per heavy atom. The third-order valence-electron chi connectivity index (χ3n) is 4.92. The standard InChI is InChI=1S/C16H28N4/c1-5-8-13-18-14(17)12(4)15(19-13)20-10-9-16(6-2,7-3)11-20/h5-11H2,1-4H3,(H2,17,18,19). The second kappa shape index (κ2) is 5.98. The molecule has 1 aliphatic heterocycles. The van der Waals surface area contributed by atoms with Crippen LogP contribution >= 0.6 is 0 Å². The van der Waals surface area contributed by atoms with Crippen LogP contribution in [-0.2, 0) is 6.42 Å². The van der Waals surface area contributed by atoms with Crippen LogP contribution in [0.25, 0.3) is 0 Å². The van der Waals surface area contributed by atoms with Crippen LogP contribution in [0.2, 0.25) is 0 Å². The highest BCUT2D eigenvalue weighted by Gasteiger charge is 2.36. The van der Waals surface area contributed by atoms with E-state index in [1.807, 2.05) is 6.92 Å². The summed E-state index contributed by atoms with van der Waals surface area (Å²) in [5.74, 6) is 2.59. The molecule has 0 saturated carbocycles. The fourth-order valence-corrected chi connectivity index (χ4v) is 3.15. The molecular formula is C16H28N4. The number of hydrogen-bond acceptors (Lipinski definition) is 4. The van der Waals surface area contributed by atoms with E-state index >= 15 is 0 Å². The van der Waals surface area contributed by atoms with Crippen LogP contribution in [0.1, 0.15) is 57.8 Å². The summed E-state index contributed by atoms with van der Waals surface area (Å²) in [5, 5.41) is 0. The summed E-state index contributed by atoms with van der Waals surface area (Å²) in [6.07, 6.45) is 5.68.